The Hall–Kier alpha value is -2.88. The molecule has 5 aliphatic rings. The fourth-order valence-corrected chi connectivity index (χ4v) is 11.4. The fraction of sp³-hybridized carbons (Fsp3) is 0.634. The van der Waals surface area contributed by atoms with E-state index in [1.54, 1.807) is 0 Å². The number of fused-ring (bicyclic) bond motifs is 5. The zero-order valence-electron chi connectivity index (χ0n) is 29.5. The number of hydrogen-bond donors (Lipinski definition) is 3. The first kappa shape index (κ1) is 34.2. The van der Waals surface area contributed by atoms with E-state index in [0.29, 0.717) is 68.0 Å². The second kappa shape index (κ2) is 13.3. The molecule has 3 N–H and O–H groups in total. The average Bonchev–Trinajstić information content (AvgIpc) is 3.57. The Morgan fingerprint density at radius 3 is 2.58 bits per heavy atom. The maximum atomic E-state index is 14.3. The zero-order chi connectivity index (χ0) is 34.7. The first-order valence-electron chi connectivity index (χ1n) is 19.1. The molecule has 270 valence electrons. The number of carbonyl (C=O) groups excluding carboxylic acids is 1. The summed E-state index contributed by atoms with van der Waals surface area (Å²) in [4.78, 5) is 15.9. The van der Waals surface area contributed by atoms with Crippen molar-refractivity contribution in [3.05, 3.63) is 58.9 Å². The summed E-state index contributed by atoms with van der Waals surface area (Å²) in [6.07, 6.45) is 8.50. The van der Waals surface area contributed by atoms with Gasteiger partial charge in [0.1, 0.15) is 5.82 Å². The van der Waals surface area contributed by atoms with Crippen molar-refractivity contribution in [2.75, 3.05) is 32.9 Å². The van der Waals surface area contributed by atoms with Crippen LogP contribution >= 0.6 is 0 Å². The highest BCUT2D eigenvalue weighted by Crippen LogP contribution is 2.67. The van der Waals surface area contributed by atoms with E-state index in [4.69, 9.17) is 9.47 Å². The summed E-state index contributed by atoms with van der Waals surface area (Å²) in [6.45, 7) is 8.56. The molecule has 6 nitrogen and oxygen atoms in total. The van der Waals surface area contributed by atoms with Gasteiger partial charge in [-0.15, -0.1) is 0 Å². The van der Waals surface area contributed by atoms with Gasteiger partial charge in [-0.3, -0.25) is 4.79 Å². The highest BCUT2D eigenvalue weighted by molar-refractivity contribution is 6.10. The molecule has 0 bridgehead atoms. The van der Waals surface area contributed by atoms with Gasteiger partial charge in [0.25, 0.3) is 5.91 Å². The quantitative estimate of drug-likeness (QED) is 0.187. The third-order valence-electron chi connectivity index (χ3n) is 14.0. The lowest BCUT2D eigenvalue weighted by atomic mass is 9.45. The number of carbonyl (C=O) groups is 1. The smallest absolute Gasteiger partial charge is 0.252 e. The van der Waals surface area contributed by atoms with Crippen molar-refractivity contribution < 1.29 is 27.4 Å². The van der Waals surface area contributed by atoms with Crippen LogP contribution in [-0.4, -0.2) is 55.8 Å². The van der Waals surface area contributed by atoms with Crippen LogP contribution in [0.4, 0.5) is 13.2 Å². The Kier molecular flexibility index (Phi) is 9.08. The third kappa shape index (κ3) is 6.09. The van der Waals surface area contributed by atoms with Gasteiger partial charge in [0.15, 0.2) is 0 Å². The number of aromatic nitrogens is 1. The van der Waals surface area contributed by atoms with E-state index in [1.165, 1.54) is 18.6 Å². The SMILES string of the molecule is C[C@]12CCC(F)(F)C[C@@H]1CC[C@@H]1[C@@H]2CC[C@]2(C)[C@@H](OCCOCCNCc3ccc(-c4[nH]c5cc(F)cc6c5c4CCNC6=O)cc3)CC[C@@H]12. The molecule has 7 atom stereocenters. The van der Waals surface area contributed by atoms with E-state index in [0.717, 1.165) is 73.0 Å². The van der Waals surface area contributed by atoms with Gasteiger partial charge in [0.05, 0.1) is 31.5 Å². The van der Waals surface area contributed by atoms with Crippen molar-refractivity contribution in [2.24, 2.45) is 34.5 Å². The standard InChI is InChI=1S/C41H52F3N3O3/c1-39-14-15-41(43,44)23-27(39)7-8-29-32-9-10-35(40(32,2)13-11-33(29)39)50-20-19-49-18-17-45-24-25-3-5-26(6-4-25)37-30-12-16-46-38(48)31-21-28(42)22-34(47-37)36(30)31/h3-6,21-22,27,29,32-33,35,45,47H,7-20,23-24H2,1-2H3,(H,46,48)/t27-,29-,32-,33-,35-,39-,40-/m0/s1. The second-order valence-corrected chi connectivity index (χ2v) is 16.5. The minimum absolute atomic E-state index is 0.0715. The summed E-state index contributed by atoms with van der Waals surface area (Å²) in [5.41, 5.74) is 5.45. The number of halogens is 3. The van der Waals surface area contributed by atoms with Gasteiger partial charge in [-0.25, -0.2) is 13.2 Å². The first-order valence-corrected chi connectivity index (χ1v) is 19.1. The van der Waals surface area contributed by atoms with Crippen molar-refractivity contribution in [1.29, 1.82) is 0 Å². The molecule has 1 amide bonds. The molecule has 9 heteroatoms. The van der Waals surface area contributed by atoms with Crippen molar-refractivity contribution in [2.45, 2.75) is 96.6 Å². The van der Waals surface area contributed by atoms with Crippen molar-refractivity contribution in [3.63, 3.8) is 0 Å². The Balaban J connectivity index is 0.773. The van der Waals surface area contributed by atoms with E-state index in [-0.39, 0.29) is 41.6 Å². The molecule has 0 saturated heterocycles. The van der Waals surface area contributed by atoms with Crippen LogP contribution in [0.5, 0.6) is 0 Å². The summed E-state index contributed by atoms with van der Waals surface area (Å²) in [5.74, 6) is -1.05. The number of aromatic amines is 1. The van der Waals surface area contributed by atoms with Crippen molar-refractivity contribution >= 4 is 16.8 Å². The lowest BCUT2D eigenvalue weighted by Crippen LogP contribution is -2.55. The first-order chi connectivity index (χ1) is 24.1. The number of benzene rings is 2. The number of H-pyrrole nitrogens is 1. The second-order valence-electron chi connectivity index (χ2n) is 16.5. The van der Waals surface area contributed by atoms with Crippen LogP contribution in [0.1, 0.15) is 93.1 Å². The van der Waals surface area contributed by atoms with Crippen LogP contribution in [0.25, 0.3) is 22.2 Å². The van der Waals surface area contributed by atoms with E-state index >= 15 is 0 Å². The molecule has 0 unspecified atom stereocenters. The number of alkyl halides is 2. The third-order valence-corrected chi connectivity index (χ3v) is 14.0. The van der Waals surface area contributed by atoms with Gasteiger partial charge in [0.2, 0.25) is 5.92 Å². The Bertz CT molecular complexity index is 1730. The van der Waals surface area contributed by atoms with Gasteiger partial charge in [-0.2, -0.15) is 0 Å². The molecular formula is C41H52F3N3O3. The number of rotatable bonds is 10. The molecule has 2 heterocycles. The van der Waals surface area contributed by atoms with Crippen LogP contribution < -0.4 is 10.6 Å². The number of nitrogens with one attached hydrogen (secondary N) is 3. The number of hydrogen-bond acceptors (Lipinski definition) is 4. The molecule has 4 fully saturated rings. The van der Waals surface area contributed by atoms with Gasteiger partial charge in [-0.1, -0.05) is 38.1 Å². The molecule has 4 aliphatic carbocycles. The zero-order valence-corrected chi connectivity index (χ0v) is 29.5. The van der Waals surface area contributed by atoms with Crippen LogP contribution in [0.3, 0.4) is 0 Å². The van der Waals surface area contributed by atoms with Crippen LogP contribution in [0.2, 0.25) is 0 Å². The van der Waals surface area contributed by atoms with Crippen LogP contribution in [-0.2, 0) is 22.4 Å². The summed E-state index contributed by atoms with van der Waals surface area (Å²) >= 11 is 0. The van der Waals surface area contributed by atoms with Crippen LogP contribution in [0, 0.1) is 40.3 Å². The highest BCUT2D eigenvalue weighted by Gasteiger charge is 2.62. The Morgan fingerprint density at radius 2 is 1.74 bits per heavy atom. The minimum atomic E-state index is -2.47. The number of ether oxygens (including phenoxy) is 2. The summed E-state index contributed by atoms with van der Waals surface area (Å²) in [5, 5.41) is 7.16. The molecule has 4 saturated carbocycles. The lowest BCUT2D eigenvalue weighted by molar-refractivity contribution is -0.170. The predicted molar refractivity (Wildman–Crippen MR) is 189 cm³/mol. The summed E-state index contributed by atoms with van der Waals surface area (Å²) in [6, 6.07) is 11.1. The van der Waals surface area contributed by atoms with E-state index in [1.807, 2.05) is 0 Å². The molecule has 0 radical (unpaired) electrons. The normalized spacial score (nSPS) is 33.0. The van der Waals surface area contributed by atoms with E-state index in [2.05, 4.69) is 53.7 Å². The highest BCUT2D eigenvalue weighted by atomic mass is 19.3. The molecule has 8 rings (SSSR count). The molecular weight excluding hydrogens is 639 g/mol. The van der Waals surface area contributed by atoms with E-state index < -0.39 is 11.7 Å². The maximum Gasteiger partial charge on any atom is 0.252 e. The number of amides is 1. The van der Waals surface area contributed by atoms with Gasteiger partial charge >= 0.3 is 0 Å². The minimum Gasteiger partial charge on any atom is -0.378 e. The Labute approximate surface area is 293 Å². The molecule has 1 aliphatic heterocycles. The topological polar surface area (TPSA) is 75.4 Å². The average molecular weight is 692 g/mol. The molecule has 3 aromatic rings. The lowest BCUT2D eigenvalue weighted by Gasteiger charge is -2.61. The van der Waals surface area contributed by atoms with Gasteiger partial charge in [0, 0.05) is 49.1 Å². The predicted octanol–water partition coefficient (Wildman–Crippen LogP) is 8.43. The van der Waals surface area contributed by atoms with Gasteiger partial charge < -0.3 is 25.1 Å². The monoisotopic (exact) mass is 691 g/mol. The maximum absolute atomic E-state index is 14.3. The molecule has 2 aromatic carbocycles. The summed E-state index contributed by atoms with van der Waals surface area (Å²) < 4.78 is 55.3. The van der Waals surface area contributed by atoms with Gasteiger partial charge in [-0.05, 0) is 115 Å². The largest absolute Gasteiger partial charge is 0.378 e. The Morgan fingerprint density at radius 1 is 0.920 bits per heavy atom. The van der Waals surface area contributed by atoms with Crippen LogP contribution in [0.15, 0.2) is 36.4 Å². The summed E-state index contributed by atoms with van der Waals surface area (Å²) in [7, 11) is 0. The fourth-order valence-electron chi connectivity index (χ4n) is 11.4. The van der Waals surface area contributed by atoms with Crippen molar-refractivity contribution in [3.8, 4) is 11.3 Å². The van der Waals surface area contributed by atoms with Crippen molar-refractivity contribution in [1.82, 2.24) is 15.6 Å². The van der Waals surface area contributed by atoms with E-state index in [9.17, 15) is 18.0 Å². The molecule has 1 aromatic heterocycles. The molecule has 50 heavy (non-hydrogen) atoms. The molecule has 0 spiro atoms.